The Bertz CT molecular complexity index is 1700. The van der Waals surface area contributed by atoms with Crippen molar-refractivity contribution >= 4 is 44.1 Å². The van der Waals surface area contributed by atoms with E-state index in [2.05, 4.69) is 30.2 Å². The fourth-order valence-electron chi connectivity index (χ4n) is 5.05. The van der Waals surface area contributed by atoms with Gasteiger partial charge in [0.2, 0.25) is 16.0 Å². The van der Waals surface area contributed by atoms with Crippen LogP contribution in [0.5, 0.6) is 0 Å². The fourth-order valence-corrected chi connectivity index (χ4v) is 5.80. The number of hydrogen-bond acceptors (Lipinski definition) is 7. The lowest BCUT2D eigenvalue weighted by Crippen LogP contribution is -2.49. The summed E-state index contributed by atoms with van der Waals surface area (Å²) in [7, 11) is -3.83. The van der Waals surface area contributed by atoms with Crippen LogP contribution in [0.15, 0.2) is 48.8 Å². The topological polar surface area (TPSA) is 104 Å². The van der Waals surface area contributed by atoms with Gasteiger partial charge in [0.05, 0.1) is 16.1 Å². The second kappa shape index (κ2) is 9.16. The van der Waals surface area contributed by atoms with Crippen LogP contribution in [-0.4, -0.2) is 53.4 Å². The highest BCUT2D eigenvalue weighted by Gasteiger charge is 2.34. The maximum Gasteiger partial charge on any atom is 0.237 e. The van der Waals surface area contributed by atoms with Crippen molar-refractivity contribution in [3.63, 3.8) is 0 Å². The quantitative estimate of drug-likeness (QED) is 0.338. The zero-order valence-electron chi connectivity index (χ0n) is 21.8. The minimum atomic E-state index is -3.83. The summed E-state index contributed by atoms with van der Waals surface area (Å²) in [6.45, 7) is 7.06. The molecule has 0 bridgehead atoms. The van der Waals surface area contributed by atoms with Gasteiger partial charge in [0.25, 0.3) is 0 Å². The lowest BCUT2D eigenvalue weighted by Gasteiger charge is -2.32. The summed E-state index contributed by atoms with van der Waals surface area (Å²) >= 11 is 0. The van der Waals surface area contributed by atoms with E-state index in [0.29, 0.717) is 22.7 Å². The van der Waals surface area contributed by atoms with E-state index in [0.717, 1.165) is 37.0 Å². The normalized spacial score (nSPS) is 17.3. The third-order valence-electron chi connectivity index (χ3n) is 7.20. The lowest BCUT2D eigenvalue weighted by molar-refractivity contribution is 0.489. The van der Waals surface area contributed by atoms with Crippen molar-refractivity contribution in [1.82, 2.24) is 19.9 Å². The zero-order valence-corrected chi connectivity index (χ0v) is 22.6. The van der Waals surface area contributed by atoms with E-state index in [1.165, 1.54) is 39.0 Å². The summed E-state index contributed by atoms with van der Waals surface area (Å²) in [6, 6.07) is 9.63. The number of sulfonamides is 1. The summed E-state index contributed by atoms with van der Waals surface area (Å²) in [5.41, 5.74) is 3.05. The first-order valence-corrected chi connectivity index (χ1v) is 14.2. The highest BCUT2D eigenvalue weighted by molar-refractivity contribution is 7.94. The Kier molecular flexibility index (Phi) is 5.99. The standard InChI is InChI=1S/C27H29F2N7O2S/c1-27(2,3)39(37,38)34-23-13-19(4-5-21(23)28)36-8-6-16-14-31-26(33-25(16)36)32-18-10-17-11-20-15-30-7-9-35(20)24(17)22(29)12-18/h4-6,8,10,12-14,20,30,34H,7,9,11,15H2,1-3H3,(H,31,32,33). The van der Waals surface area contributed by atoms with Crippen molar-refractivity contribution in [2.24, 2.45) is 0 Å². The first-order valence-electron chi connectivity index (χ1n) is 12.7. The molecule has 4 aromatic rings. The molecule has 0 spiro atoms. The van der Waals surface area contributed by atoms with Gasteiger partial charge in [-0.2, -0.15) is 4.98 Å². The number of fused-ring (bicyclic) bond motifs is 4. The van der Waals surface area contributed by atoms with Crippen LogP contribution in [0.2, 0.25) is 0 Å². The summed E-state index contributed by atoms with van der Waals surface area (Å²) in [5.74, 6) is -0.694. The molecule has 2 aromatic heterocycles. The maximum atomic E-state index is 15.1. The lowest BCUT2D eigenvalue weighted by atomic mass is 10.1. The largest absolute Gasteiger partial charge is 0.363 e. The predicted molar refractivity (Wildman–Crippen MR) is 149 cm³/mol. The Morgan fingerprint density at radius 3 is 2.72 bits per heavy atom. The van der Waals surface area contributed by atoms with Gasteiger partial charge in [0, 0.05) is 54.8 Å². The maximum absolute atomic E-state index is 15.1. The predicted octanol–water partition coefficient (Wildman–Crippen LogP) is 4.32. The summed E-state index contributed by atoms with van der Waals surface area (Å²) < 4.78 is 57.9. The van der Waals surface area contributed by atoms with E-state index in [9.17, 15) is 12.8 Å². The van der Waals surface area contributed by atoms with E-state index < -0.39 is 20.6 Å². The number of rotatable bonds is 5. The summed E-state index contributed by atoms with van der Waals surface area (Å²) in [4.78, 5) is 11.2. The average molecular weight is 554 g/mol. The van der Waals surface area contributed by atoms with Gasteiger partial charge in [-0.1, -0.05) is 0 Å². The van der Waals surface area contributed by atoms with Crippen LogP contribution in [-0.2, 0) is 16.4 Å². The Hall–Kier alpha value is -3.77. The van der Waals surface area contributed by atoms with Crippen molar-refractivity contribution in [2.75, 3.05) is 34.6 Å². The molecule has 204 valence electrons. The molecule has 2 aliphatic heterocycles. The third kappa shape index (κ3) is 4.57. The van der Waals surface area contributed by atoms with Gasteiger partial charge >= 0.3 is 0 Å². The minimum Gasteiger partial charge on any atom is -0.363 e. The zero-order chi connectivity index (χ0) is 27.5. The number of anilines is 4. The number of aromatic nitrogens is 3. The molecule has 0 radical (unpaired) electrons. The molecule has 39 heavy (non-hydrogen) atoms. The van der Waals surface area contributed by atoms with Gasteiger partial charge in [0.1, 0.15) is 17.3 Å². The number of nitrogens with zero attached hydrogens (tertiary/aromatic N) is 4. The van der Waals surface area contributed by atoms with Crippen molar-refractivity contribution in [2.45, 2.75) is 38.0 Å². The van der Waals surface area contributed by atoms with E-state index in [4.69, 9.17) is 0 Å². The van der Waals surface area contributed by atoms with Crippen molar-refractivity contribution < 1.29 is 17.2 Å². The van der Waals surface area contributed by atoms with Gasteiger partial charge in [-0.05, 0) is 69.2 Å². The molecule has 4 heterocycles. The molecule has 3 N–H and O–H groups in total. The first kappa shape index (κ1) is 25.5. The molecule has 12 heteroatoms. The molecular formula is C27H29F2N7O2S. The number of benzene rings is 2. The number of piperazine rings is 1. The molecule has 0 saturated carbocycles. The molecule has 0 aliphatic carbocycles. The highest BCUT2D eigenvalue weighted by Crippen LogP contribution is 2.38. The first-order chi connectivity index (χ1) is 18.5. The Labute approximate surface area is 225 Å². The van der Waals surface area contributed by atoms with Crippen LogP contribution in [0, 0.1) is 11.6 Å². The van der Waals surface area contributed by atoms with Gasteiger partial charge in [-0.15, -0.1) is 0 Å². The molecule has 2 aromatic carbocycles. The molecule has 1 atom stereocenters. The molecule has 6 rings (SSSR count). The van der Waals surface area contributed by atoms with Gasteiger partial charge < -0.3 is 20.1 Å². The van der Waals surface area contributed by atoms with Gasteiger partial charge in [-0.25, -0.2) is 22.2 Å². The third-order valence-corrected chi connectivity index (χ3v) is 9.30. The molecule has 0 amide bonds. The van der Waals surface area contributed by atoms with Crippen LogP contribution < -0.4 is 20.3 Å². The smallest absolute Gasteiger partial charge is 0.237 e. The molecule has 9 nitrogen and oxygen atoms in total. The van der Waals surface area contributed by atoms with E-state index in [-0.39, 0.29) is 23.5 Å². The Morgan fingerprint density at radius 2 is 1.92 bits per heavy atom. The number of hydrogen-bond donors (Lipinski definition) is 3. The second-order valence-corrected chi connectivity index (χ2v) is 13.3. The molecule has 2 aliphatic rings. The average Bonchev–Trinajstić information content (AvgIpc) is 3.46. The number of nitrogens with one attached hydrogen (secondary N) is 3. The minimum absolute atomic E-state index is 0.156. The molecule has 1 saturated heterocycles. The van der Waals surface area contributed by atoms with Crippen LogP contribution in [0.25, 0.3) is 16.7 Å². The molecular weight excluding hydrogens is 524 g/mol. The van der Waals surface area contributed by atoms with Crippen LogP contribution in [0.3, 0.4) is 0 Å². The number of halogens is 2. The van der Waals surface area contributed by atoms with Crippen molar-refractivity contribution in [3.8, 4) is 5.69 Å². The van der Waals surface area contributed by atoms with Crippen molar-refractivity contribution in [1.29, 1.82) is 0 Å². The highest BCUT2D eigenvalue weighted by atomic mass is 32.2. The SMILES string of the molecule is CC(C)(C)S(=O)(=O)Nc1cc(-n2ccc3cnc(Nc4cc(F)c5c(c4)CC4CNCCN54)nc32)ccc1F. The Morgan fingerprint density at radius 1 is 1.10 bits per heavy atom. The van der Waals surface area contributed by atoms with Crippen molar-refractivity contribution in [3.05, 3.63) is 66.0 Å². The molecule has 1 unspecified atom stereocenters. The summed E-state index contributed by atoms with van der Waals surface area (Å²) in [5, 5.41) is 7.22. The fraction of sp³-hybridized carbons (Fsp3) is 0.333. The van der Waals surface area contributed by atoms with E-state index in [1.807, 2.05) is 6.07 Å². The Balaban J connectivity index is 1.31. The van der Waals surface area contributed by atoms with Crippen LogP contribution in [0.1, 0.15) is 26.3 Å². The second-order valence-electron chi connectivity index (χ2n) is 10.9. The van der Waals surface area contributed by atoms with Gasteiger partial charge in [0.15, 0.2) is 0 Å². The van der Waals surface area contributed by atoms with Crippen LogP contribution >= 0.6 is 0 Å². The van der Waals surface area contributed by atoms with Crippen LogP contribution in [0.4, 0.5) is 31.8 Å². The van der Waals surface area contributed by atoms with Gasteiger partial charge in [-0.3, -0.25) is 4.72 Å². The van der Waals surface area contributed by atoms with E-state index in [1.54, 1.807) is 29.1 Å². The monoisotopic (exact) mass is 553 g/mol. The van der Waals surface area contributed by atoms with E-state index >= 15 is 4.39 Å². The summed E-state index contributed by atoms with van der Waals surface area (Å²) in [6.07, 6.45) is 4.16. The molecule has 1 fully saturated rings.